The van der Waals surface area contributed by atoms with Gasteiger partial charge in [0.15, 0.2) is 0 Å². The van der Waals surface area contributed by atoms with Gasteiger partial charge in [0.05, 0.1) is 18.8 Å². The molecule has 2 aliphatic heterocycles. The van der Waals surface area contributed by atoms with E-state index in [0.717, 1.165) is 44.2 Å². The molecule has 1 aromatic carbocycles. The molecule has 3 rings (SSSR count). The fraction of sp³-hybridized carbons (Fsp3) is 0.588. The van der Waals surface area contributed by atoms with E-state index in [1.54, 1.807) is 0 Å². The van der Waals surface area contributed by atoms with Gasteiger partial charge < -0.3 is 19.4 Å². The van der Waals surface area contributed by atoms with Crippen molar-refractivity contribution in [3.05, 3.63) is 23.8 Å². The molecule has 0 saturated carbocycles. The van der Waals surface area contributed by atoms with E-state index in [-0.39, 0.29) is 13.3 Å². The summed E-state index contributed by atoms with van der Waals surface area (Å²) in [5, 5.41) is 0. The van der Waals surface area contributed by atoms with Crippen molar-refractivity contribution in [3.63, 3.8) is 0 Å². The quantitative estimate of drug-likeness (QED) is 0.831. The van der Waals surface area contributed by atoms with E-state index in [0.29, 0.717) is 13.2 Å². The standard InChI is InChI=1S/C16H23N3O2.CH4/c1-13-3-4-15-14(11-13)19(9-10-21-15)12-16(20)18-7-5-17(2)6-8-18;/h3-4,11H,5-10,12H2,1-2H3;1H4. The van der Waals surface area contributed by atoms with Gasteiger partial charge in [-0.25, -0.2) is 0 Å². The van der Waals surface area contributed by atoms with Gasteiger partial charge in [0.1, 0.15) is 12.4 Å². The molecule has 1 amide bonds. The maximum Gasteiger partial charge on any atom is 0.242 e. The zero-order valence-corrected chi connectivity index (χ0v) is 12.8. The summed E-state index contributed by atoms with van der Waals surface area (Å²) in [6.45, 7) is 7.52. The van der Waals surface area contributed by atoms with Crippen LogP contribution in [0.25, 0.3) is 0 Å². The number of ether oxygens (including phenoxy) is 1. The van der Waals surface area contributed by atoms with Crippen LogP contribution in [0.15, 0.2) is 18.2 Å². The van der Waals surface area contributed by atoms with Crippen LogP contribution in [0.1, 0.15) is 13.0 Å². The van der Waals surface area contributed by atoms with Crippen LogP contribution < -0.4 is 9.64 Å². The molecule has 0 bridgehead atoms. The van der Waals surface area contributed by atoms with Gasteiger partial charge in [0, 0.05) is 26.2 Å². The monoisotopic (exact) mass is 305 g/mol. The third-order valence-corrected chi connectivity index (χ3v) is 4.26. The van der Waals surface area contributed by atoms with Crippen LogP contribution in [-0.4, -0.2) is 68.6 Å². The number of fused-ring (bicyclic) bond motifs is 1. The number of piperazine rings is 1. The van der Waals surface area contributed by atoms with Gasteiger partial charge in [-0.05, 0) is 31.7 Å². The van der Waals surface area contributed by atoms with Crippen LogP contribution in [0.5, 0.6) is 5.75 Å². The van der Waals surface area contributed by atoms with Crippen LogP contribution in [0, 0.1) is 6.92 Å². The first-order valence-corrected chi connectivity index (χ1v) is 7.58. The van der Waals surface area contributed by atoms with Crippen molar-refractivity contribution in [1.29, 1.82) is 0 Å². The smallest absolute Gasteiger partial charge is 0.242 e. The first-order valence-electron chi connectivity index (χ1n) is 7.58. The lowest BCUT2D eigenvalue weighted by atomic mass is 10.1. The second-order valence-corrected chi connectivity index (χ2v) is 5.93. The Morgan fingerprint density at radius 1 is 1.18 bits per heavy atom. The average molecular weight is 305 g/mol. The Bertz CT molecular complexity index is 525. The number of likely N-dealkylation sites (N-methyl/N-ethyl adjacent to an activating group) is 1. The second kappa shape index (κ2) is 7.01. The third-order valence-electron chi connectivity index (χ3n) is 4.26. The van der Waals surface area contributed by atoms with E-state index in [1.807, 2.05) is 17.0 Å². The van der Waals surface area contributed by atoms with Crippen molar-refractivity contribution in [2.75, 3.05) is 57.8 Å². The van der Waals surface area contributed by atoms with E-state index < -0.39 is 0 Å². The molecule has 0 radical (unpaired) electrons. The molecule has 0 N–H and O–H groups in total. The molecule has 0 aromatic heterocycles. The summed E-state index contributed by atoms with van der Waals surface area (Å²) in [4.78, 5) is 18.9. The Labute approximate surface area is 133 Å². The highest BCUT2D eigenvalue weighted by Crippen LogP contribution is 2.32. The van der Waals surface area contributed by atoms with Gasteiger partial charge in [-0.3, -0.25) is 4.79 Å². The Kier molecular flexibility index (Phi) is 5.29. The van der Waals surface area contributed by atoms with E-state index in [9.17, 15) is 4.79 Å². The number of carbonyl (C=O) groups excluding carboxylic acids is 1. The molecule has 5 heteroatoms. The van der Waals surface area contributed by atoms with Crippen LogP contribution in [-0.2, 0) is 4.79 Å². The number of hydrogen-bond donors (Lipinski definition) is 0. The second-order valence-electron chi connectivity index (χ2n) is 5.93. The zero-order chi connectivity index (χ0) is 14.8. The van der Waals surface area contributed by atoms with Crippen molar-refractivity contribution in [2.24, 2.45) is 0 Å². The molecule has 122 valence electrons. The molecule has 1 aromatic rings. The molecule has 5 nitrogen and oxygen atoms in total. The van der Waals surface area contributed by atoms with Gasteiger partial charge in [-0.2, -0.15) is 0 Å². The molecule has 0 spiro atoms. The maximum atomic E-state index is 12.5. The lowest BCUT2D eigenvalue weighted by Gasteiger charge is -2.36. The number of rotatable bonds is 2. The SMILES string of the molecule is C.Cc1ccc2c(c1)N(CC(=O)N1CCN(C)CC1)CCO2. The normalized spacial score (nSPS) is 18.3. The van der Waals surface area contributed by atoms with Crippen molar-refractivity contribution in [3.8, 4) is 5.75 Å². The Hall–Kier alpha value is -1.75. The number of aryl methyl sites for hydroxylation is 1. The predicted octanol–water partition coefficient (Wildman–Crippen LogP) is 1.60. The van der Waals surface area contributed by atoms with E-state index in [2.05, 4.69) is 29.8 Å². The predicted molar refractivity (Wildman–Crippen MR) is 89.7 cm³/mol. The fourth-order valence-corrected chi connectivity index (χ4v) is 2.87. The van der Waals surface area contributed by atoms with Crippen molar-refractivity contribution >= 4 is 11.6 Å². The van der Waals surface area contributed by atoms with Crippen LogP contribution in [0.2, 0.25) is 0 Å². The lowest BCUT2D eigenvalue weighted by molar-refractivity contribution is -0.131. The molecule has 2 aliphatic rings. The number of amides is 1. The van der Waals surface area contributed by atoms with Crippen LogP contribution in [0.4, 0.5) is 5.69 Å². The summed E-state index contributed by atoms with van der Waals surface area (Å²) in [6.07, 6.45) is 0. The lowest BCUT2D eigenvalue weighted by Crippen LogP contribution is -2.50. The zero-order valence-electron chi connectivity index (χ0n) is 12.8. The highest BCUT2D eigenvalue weighted by atomic mass is 16.5. The highest BCUT2D eigenvalue weighted by Gasteiger charge is 2.24. The van der Waals surface area contributed by atoms with E-state index in [1.165, 1.54) is 5.56 Å². The van der Waals surface area contributed by atoms with Crippen molar-refractivity contribution < 1.29 is 9.53 Å². The molecule has 22 heavy (non-hydrogen) atoms. The summed E-state index contributed by atoms with van der Waals surface area (Å²) in [7, 11) is 2.10. The van der Waals surface area contributed by atoms with Crippen LogP contribution >= 0.6 is 0 Å². The summed E-state index contributed by atoms with van der Waals surface area (Å²) < 4.78 is 5.68. The Morgan fingerprint density at radius 3 is 2.64 bits per heavy atom. The molecule has 0 atom stereocenters. The maximum absolute atomic E-state index is 12.5. The van der Waals surface area contributed by atoms with Gasteiger partial charge in [-0.15, -0.1) is 0 Å². The van der Waals surface area contributed by atoms with Crippen LogP contribution in [0.3, 0.4) is 0 Å². The number of hydrogen-bond acceptors (Lipinski definition) is 4. The molecule has 0 unspecified atom stereocenters. The van der Waals surface area contributed by atoms with Gasteiger partial charge in [0.2, 0.25) is 5.91 Å². The first-order chi connectivity index (χ1) is 10.1. The summed E-state index contributed by atoms with van der Waals surface area (Å²) in [6, 6.07) is 6.15. The minimum absolute atomic E-state index is 0. The molecule has 1 fully saturated rings. The van der Waals surface area contributed by atoms with Gasteiger partial charge in [0.25, 0.3) is 0 Å². The summed E-state index contributed by atoms with van der Waals surface area (Å²) in [5.41, 5.74) is 2.24. The minimum Gasteiger partial charge on any atom is -0.490 e. The van der Waals surface area contributed by atoms with Crippen molar-refractivity contribution in [1.82, 2.24) is 9.80 Å². The number of benzene rings is 1. The molecule has 2 heterocycles. The Balaban J connectivity index is 0.00000176. The number of anilines is 1. The minimum atomic E-state index is 0. The summed E-state index contributed by atoms with van der Waals surface area (Å²) in [5.74, 6) is 1.11. The molecular formula is C17H27N3O2. The van der Waals surface area contributed by atoms with E-state index in [4.69, 9.17) is 4.74 Å². The number of nitrogens with zero attached hydrogens (tertiary/aromatic N) is 3. The molecule has 0 aliphatic carbocycles. The third kappa shape index (κ3) is 3.53. The number of carbonyl (C=O) groups is 1. The molecule has 1 saturated heterocycles. The fourth-order valence-electron chi connectivity index (χ4n) is 2.87. The average Bonchev–Trinajstić information content (AvgIpc) is 2.48. The van der Waals surface area contributed by atoms with Gasteiger partial charge in [-0.1, -0.05) is 13.5 Å². The van der Waals surface area contributed by atoms with E-state index >= 15 is 0 Å². The van der Waals surface area contributed by atoms with Gasteiger partial charge >= 0.3 is 0 Å². The summed E-state index contributed by atoms with van der Waals surface area (Å²) >= 11 is 0. The highest BCUT2D eigenvalue weighted by molar-refractivity contribution is 5.82. The van der Waals surface area contributed by atoms with Crippen molar-refractivity contribution in [2.45, 2.75) is 14.4 Å². The largest absolute Gasteiger partial charge is 0.490 e. The topological polar surface area (TPSA) is 36.0 Å². The molecular weight excluding hydrogens is 278 g/mol. The Morgan fingerprint density at radius 2 is 1.91 bits per heavy atom. The first kappa shape index (κ1) is 16.6.